The quantitative estimate of drug-likeness (QED) is 0.0531. The molecule has 43 heavy (non-hydrogen) atoms. The Morgan fingerprint density at radius 3 is 2.42 bits per heavy atom. The van der Waals surface area contributed by atoms with Crippen molar-refractivity contribution in [2.75, 3.05) is 19.8 Å². The van der Waals surface area contributed by atoms with Crippen molar-refractivity contribution in [3.63, 3.8) is 0 Å². The van der Waals surface area contributed by atoms with Gasteiger partial charge in [0.25, 0.3) is 5.09 Å². The highest BCUT2D eigenvalue weighted by atomic mass is 19.4. The van der Waals surface area contributed by atoms with Crippen molar-refractivity contribution >= 4 is 12.4 Å². The van der Waals surface area contributed by atoms with E-state index in [1.54, 1.807) is 6.07 Å². The Morgan fingerprint density at radius 2 is 1.86 bits per heavy atom. The van der Waals surface area contributed by atoms with Crippen LogP contribution in [0.3, 0.4) is 0 Å². The summed E-state index contributed by atoms with van der Waals surface area (Å²) in [5.74, 6) is 0.272. The number of ether oxygens (including phenoxy) is 2. The van der Waals surface area contributed by atoms with Crippen molar-refractivity contribution in [2.24, 2.45) is 5.92 Å². The first-order valence-electron chi connectivity index (χ1n) is 14.7. The van der Waals surface area contributed by atoms with Crippen LogP contribution < -0.4 is 10.1 Å². The number of alkyl halides is 3. The van der Waals surface area contributed by atoms with Crippen LogP contribution in [0.4, 0.5) is 13.2 Å². The van der Waals surface area contributed by atoms with Gasteiger partial charge in [-0.3, -0.25) is 9.59 Å². The molecule has 1 amide bonds. The van der Waals surface area contributed by atoms with E-state index in [1.165, 1.54) is 57.9 Å². The second kappa shape index (κ2) is 27.3. The van der Waals surface area contributed by atoms with E-state index in [2.05, 4.69) is 53.0 Å². The fourth-order valence-corrected chi connectivity index (χ4v) is 3.50. The van der Waals surface area contributed by atoms with Crippen LogP contribution >= 0.6 is 0 Å². The molecule has 1 N–H and O–H groups in total. The van der Waals surface area contributed by atoms with Crippen LogP contribution in [-0.2, 0) is 25.3 Å². The maximum atomic E-state index is 12.5. The lowest BCUT2D eigenvalue weighted by Gasteiger charge is -2.09. The van der Waals surface area contributed by atoms with Crippen LogP contribution in [0.2, 0.25) is 0 Å². The standard InChI is InChI=1S/C16H19F3O.C7H14.C6H10N2O6.C2H6/c17-16(18,19)14-9-5-10-15(12-14)20-11-4-3-8-13-6-1-2-7-13;1-3-5-7-6-4-2;1-5(14-8(11)12)3-13-6(10)2-7-4-9;1-2/h3,5,8-10,12-13H,1-2,4,6-7,11H2;3,5H,4,6-7H2,1-2H3;4-5H,2-3H2,1H3,(H,7,9);1-2H3/b8-3+;5-3-;;. The normalized spacial score (nSPS) is 13.4. The number of unbranched alkanes of at least 4 members (excludes halogenated alkanes) is 2. The van der Waals surface area contributed by atoms with Gasteiger partial charge in [0.05, 0.1) is 12.2 Å². The first-order chi connectivity index (χ1) is 20.5. The van der Waals surface area contributed by atoms with E-state index in [0.717, 1.165) is 18.6 Å². The van der Waals surface area contributed by atoms with Gasteiger partial charge in [-0.15, -0.1) is 10.1 Å². The van der Waals surface area contributed by atoms with Gasteiger partial charge in [-0.2, -0.15) is 13.2 Å². The van der Waals surface area contributed by atoms with Gasteiger partial charge in [0.1, 0.15) is 25.0 Å². The summed E-state index contributed by atoms with van der Waals surface area (Å²) in [6.07, 6.45) is 13.5. The van der Waals surface area contributed by atoms with Crippen molar-refractivity contribution in [3.05, 3.63) is 64.2 Å². The molecule has 1 aromatic rings. The Hall–Kier alpha value is -3.57. The number of hydrogen-bond acceptors (Lipinski definition) is 7. The summed E-state index contributed by atoms with van der Waals surface area (Å²) >= 11 is 0. The second-order valence-corrected chi connectivity index (χ2v) is 9.17. The molecule has 12 heteroatoms. The van der Waals surface area contributed by atoms with E-state index in [-0.39, 0.29) is 18.9 Å². The molecular formula is C31H49F3N2O7. The Balaban J connectivity index is 0. The molecule has 1 aromatic carbocycles. The first kappa shape index (κ1) is 41.6. The highest BCUT2D eigenvalue weighted by molar-refractivity contribution is 5.73. The van der Waals surface area contributed by atoms with E-state index < -0.39 is 28.9 Å². The van der Waals surface area contributed by atoms with Gasteiger partial charge in [0.2, 0.25) is 6.41 Å². The van der Waals surface area contributed by atoms with Gasteiger partial charge in [0.15, 0.2) is 0 Å². The molecule has 1 aliphatic carbocycles. The van der Waals surface area contributed by atoms with Gasteiger partial charge in [-0.1, -0.05) is 76.8 Å². The lowest BCUT2D eigenvalue weighted by molar-refractivity contribution is -0.767. The average molecular weight is 619 g/mol. The van der Waals surface area contributed by atoms with Crippen LogP contribution in [0.1, 0.15) is 91.5 Å². The lowest BCUT2D eigenvalue weighted by atomic mass is 10.1. The second-order valence-electron chi connectivity index (χ2n) is 9.17. The number of carbonyl (C=O) groups is 2. The summed E-state index contributed by atoms with van der Waals surface area (Å²) in [4.78, 5) is 34.4. The predicted molar refractivity (Wildman–Crippen MR) is 161 cm³/mol. The van der Waals surface area contributed by atoms with Crippen molar-refractivity contribution in [1.82, 2.24) is 5.32 Å². The van der Waals surface area contributed by atoms with Gasteiger partial charge in [-0.05, 0) is 63.6 Å². The van der Waals surface area contributed by atoms with Gasteiger partial charge in [-0.25, -0.2) is 0 Å². The fourth-order valence-electron chi connectivity index (χ4n) is 3.50. The zero-order valence-corrected chi connectivity index (χ0v) is 26.1. The molecule has 1 aliphatic rings. The van der Waals surface area contributed by atoms with E-state index in [4.69, 9.17) is 4.74 Å². The summed E-state index contributed by atoms with van der Waals surface area (Å²) in [6.45, 7) is 9.56. The van der Waals surface area contributed by atoms with Crippen LogP contribution in [-0.4, -0.2) is 43.3 Å². The monoisotopic (exact) mass is 618 g/mol. The molecule has 0 aromatic heterocycles. The molecular weight excluding hydrogens is 569 g/mol. The maximum Gasteiger partial charge on any atom is 0.416 e. The summed E-state index contributed by atoms with van der Waals surface area (Å²) in [5.41, 5.74) is -0.670. The minimum absolute atomic E-state index is 0.236. The smallest absolute Gasteiger partial charge is 0.416 e. The first-order valence-corrected chi connectivity index (χ1v) is 14.7. The zero-order chi connectivity index (χ0) is 32.9. The molecule has 0 aliphatic heterocycles. The molecule has 2 rings (SSSR count). The predicted octanol–water partition coefficient (Wildman–Crippen LogP) is 7.87. The molecule has 0 saturated heterocycles. The van der Waals surface area contributed by atoms with Crippen molar-refractivity contribution < 1.29 is 42.2 Å². The Morgan fingerprint density at radius 1 is 1.19 bits per heavy atom. The molecule has 0 spiro atoms. The third kappa shape index (κ3) is 25.8. The summed E-state index contributed by atoms with van der Waals surface area (Å²) in [5, 5.41) is 10.9. The number of allylic oxidation sites excluding steroid dienone is 3. The number of amides is 1. The largest absolute Gasteiger partial charge is 0.493 e. The van der Waals surface area contributed by atoms with E-state index in [0.29, 0.717) is 18.9 Å². The van der Waals surface area contributed by atoms with Crippen LogP contribution in [0.25, 0.3) is 0 Å². The van der Waals surface area contributed by atoms with Crippen molar-refractivity contribution in [1.29, 1.82) is 0 Å². The fraction of sp³-hybridized carbons (Fsp3) is 0.613. The van der Waals surface area contributed by atoms with Crippen LogP contribution in [0, 0.1) is 16.0 Å². The highest BCUT2D eigenvalue weighted by Gasteiger charge is 2.30. The highest BCUT2D eigenvalue weighted by Crippen LogP contribution is 2.31. The van der Waals surface area contributed by atoms with Gasteiger partial charge < -0.3 is 19.6 Å². The molecule has 1 unspecified atom stereocenters. The van der Waals surface area contributed by atoms with E-state index in [9.17, 15) is 32.9 Å². The maximum absolute atomic E-state index is 12.5. The molecule has 1 atom stereocenters. The number of rotatable bonds is 15. The average Bonchev–Trinajstić information content (AvgIpc) is 3.50. The number of carbonyl (C=O) groups excluding carboxylic acids is 2. The third-order valence-corrected chi connectivity index (χ3v) is 5.56. The molecule has 9 nitrogen and oxygen atoms in total. The Bertz CT molecular complexity index is 919. The van der Waals surface area contributed by atoms with Gasteiger partial charge in [0, 0.05) is 0 Å². The Kier molecular flexibility index (Phi) is 26.4. The van der Waals surface area contributed by atoms with E-state index in [1.807, 2.05) is 13.8 Å². The molecule has 246 valence electrons. The molecule has 0 radical (unpaired) electrons. The minimum atomic E-state index is -4.32. The summed E-state index contributed by atoms with van der Waals surface area (Å²) in [6, 6.07) is 5.01. The summed E-state index contributed by atoms with van der Waals surface area (Å²) < 4.78 is 47.4. The lowest BCUT2D eigenvalue weighted by Crippen LogP contribution is -2.27. The minimum Gasteiger partial charge on any atom is -0.493 e. The number of benzene rings is 1. The number of halogens is 3. The van der Waals surface area contributed by atoms with Gasteiger partial charge >= 0.3 is 12.1 Å². The van der Waals surface area contributed by atoms with Crippen molar-refractivity contribution in [2.45, 2.75) is 98.3 Å². The van der Waals surface area contributed by atoms with E-state index >= 15 is 0 Å². The number of esters is 1. The molecule has 1 fully saturated rings. The van der Waals surface area contributed by atoms with Crippen LogP contribution in [0.15, 0.2) is 48.6 Å². The Labute approximate surface area is 254 Å². The molecule has 0 heterocycles. The number of nitrogens with one attached hydrogen (secondary N) is 1. The zero-order valence-electron chi connectivity index (χ0n) is 26.1. The SMILES string of the molecule is C/C=C\CCCC.CC.CC(COC(=O)CNC=O)O[N+](=O)[O-].FC(F)(F)c1cccc(OCC/C=C/C2CCCC2)c1. The van der Waals surface area contributed by atoms with Crippen molar-refractivity contribution in [3.8, 4) is 5.75 Å². The molecule has 1 saturated carbocycles. The number of nitrogens with zero attached hydrogens (tertiary/aromatic N) is 1. The number of hydrogen-bond donors (Lipinski definition) is 1. The topological polar surface area (TPSA) is 117 Å². The third-order valence-electron chi connectivity index (χ3n) is 5.56. The molecule has 0 bridgehead atoms. The van der Waals surface area contributed by atoms with Crippen LogP contribution in [0.5, 0.6) is 5.75 Å². The summed E-state index contributed by atoms with van der Waals surface area (Å²) in [7, 11) is 0.